The second-order valence-electron chi connectivity index (χ2n) is 7.22. The third-order valence-electron chi connectivity index (χ3n) is 5.01. The van der Waals surface area contributed by atoms with Gasteiger partial charge in [-0.15, -0.1) is 5.10 Å². The molecule has 2 aliphatic heterocycles. The van der Waals surface area contributed by atoms with Crippen molar-refractivity contribution in [1.82, 2.24) is 20.5 Å². The lowest BCUT2D eigenvalue weighted by Gasteiger charge is -2.24. The third-order valence-corrected chi connectivity index (χ3v) is 5.01. The van der Waals surface area contributed by atoms with Crippen LogP contribution < -0.4 is 25.4 Å². The SMILES string of the molecule is O=C(C[C@@H]1NC(=O)c2ccccc2NC1=O)Nc1n[nH]c(C2COc3ccccc3O2)n1. The molecule has 11 nitrogen and oxygen atoms in total. The molecule has 0 fully saturated rings. The van der Waals surface area contributed by atoms with Gasteiger partial charge in [-0.2, -0.15) is 4.98 Å². The van der Waals surface area contributed by atoms with Gasteiger partial charge in [0.1, 0.15) is 12.6 Å². The minimum Gasteiger partial charge on any atom is -0.485 e. The van der Waals surface area contributed by atoms with Crippen LogP contribution in [0, 0.1) is 0 Å². The van der Waals surface area contributed by atoms with Crippen LogP contribution in [0.5, 0.6) is 11.5 Å². The summed E-state index contributed by atoms with van der Waals surface area (Å²) in [5.41, 5.74) is 0.728. The monoisotopic (exact) mass is 434 g/mol. The molecule has 5 rings (SSSR count). The van der Waals surface area contributed by atoms with Crippen molar-refractivity contribution in [2.75, 3.05) is 17.2 Å². The van der Waals surface area contributed by atoms with E-state index in [1.165, 1.54) is 0 Å². The zero-order valence-electron chi connectivity index (χ0n) is 16.6. The number of nitrogens with zero attached hydrogens (tertiary/aromatic N) is 2. The van der Waals surface area contributed by atoms with Crippen molar-refractivity contribution in [1.29, 1.82) is 0 Å². The Balaban J connectivity index is 1.22. The number of nitrogens with one attached hydrogen (secondary N) is 4. The fourth-order valence-electron chi connectivity index (χ4n) is 3.44. The molecule has 0 saturated carbocycles. The predicted octanol–water partition coefficient (Wildman–Crippen LogP) is 1.40. The van der Waals surface area contributed by atoms with E-state index < -0.39 is 29.9 Å². The summed E-state index contributed by atoms with van der Waals surface area (Å²) in [5, 5.41) is 14.4. The van der Waals surface area contributed by atoms with Gasteiger partial charge in [0.05, 0.1) is 17.7 Å². The zero-order chi connectivity index (χ0) is 22.1. The van der Waals surface area contributed by atoms with E-state index in [4.69, 9.17) is 9.47 Å². The van der Waals surface area contributed by atoms with Crippen molar-refractivity contribution in [2.24, 2.45) is 0 Å². The van der Waals surface area contributed by atoms with Crippen LogP contribution in [-0.4, -0.2) is 45.6 Å². The maximum absolute atomic E-state index is 12.5. The molecular weight excluding hydrogens is 416 g/mol. The minimum atomic E-state index is -1.04. The van der Waals surface area contributed by atoms with Gasteiger partial charge < -0.3 is 20.1 Å². The molecule has 1 unspecified atom stereocenters. The molecule has 32 heavy (non-hydrogen) atoms. The van der Waals surface area contributed by atoms with E-state index in [9.17, 15) is 14.4 Å². The first-order chi connectivity index (χ1) is 15.6. The number of benzene rings is 2. The van der Waals surface area contributed by atoms with Crippen molar-refractivity contribution in [3.8, 4) is 11.5 Å². The molecule has 0 aliphatic carbocycles. The van der Waals surface area contributed by atoms with Gasteiger partial charge in [0.15, 0.2) is 23.4 Å². The number of amides is 3. The van der Waals surface area contributed by atoms with E-state index in [1.54, 1.807) is 36.4 Å². The lowest BCUT2D eigenvalue weighted by molar-refractivity contribution is -0.122. The minimum absolute atomic E-state index is 0.0242. The van der Waals surface area contributed by atoms with Crippen molar-refractivity contribution < 1.29 is 23.9 Å². The number of H-pyrrole nitrogens is 1. The van der Waals surface area contributed by atoms with Gasteiger partial charge in [0.2, 0.25) is 17.8 Å². The Labute approximate surface area is 181 Å². The summed E-state index contributed by atoms with van der Waals surface area (Å²) in [5.74, 6) is 0.173. The highest BCUT2D eigenvalue weighted by Gasteiger charge is 2.30. The molecule has 0 radical (unpaired) electrons. The molecule has 162 valence electrons. The summed E-state index contributed by atoms with van der Waals surface area (Å²) < 4.78 is 11.5. The number of hydrogen-bond acceptors (Lipinski definition) is 7. The Kier molecular flexibility index (Phi) is 4.90. The Hall–Kier alpha value is -4.41. The Morgan fingerprint density at radius 3 is 2.75 bits per heavy atom. The van der Waals surface area contributed by atoms with Crippen molar-refractivity contribution in [3.63, 3.8) is 0 Å². The topological polar surface area (TPSA) is 147 Å². The normalized spacial score (nSPS) is 19.2. The van der Waals surface area contributed by atoms with Crippen LogP contribution in [0.15, 0.2) is 48.5 Å². The molecule has 0 saturated heterocycles. The lowest BCUT2D eigenvalue weighted by atomic mass is 10.1. The molecule has 2 aliphatic rings. The number of rotatable bonds is 4. The smallest absolute Gasteiger partial charge is 0.254 e. The number of carbonyl (C=O) groups excluding carboxylic acids is 3. The van der Waals surface area contributed by atoms with Gasteiger partial charge >= 0.3 is 0 Å². The van der Waals surface area contributed by atoms with E-state index in [0.29, 0.717) is 28.6 Å². The quantitative estimate of drug-likeness (QED) is 0.485. The van der Waals surface area contributed by atoms with Gasteiger partial charge in [0.25, 0.3) is 5.91 Å². The molecular formula is C21H18N6O5. The van der Waals surface area contributed by atoms with E-state index in [-0.39, 0.29) is 19.0 Å². The summed E-state index contributed by atoms with van der Waals surface area (Å²) in [6.07, 6.45) is -0.806. The van der Waals surface area contributed by atoms with Crippen molar-refractivity contribution in [3.05, 3.63) is 59.9 Å². The second-order valence-corrected chi connectivity index (χ2v) is 7.22. The molecule has 1 aromatic heterocycles. The van der Waals surface area contributed by atoms with Gasteiger partial charge in [0, 0.05) is 0 Å². The third kappa shape index (κ3) is 3.83. The maximum atomic E-state index is 12.5. The van der Waals surface area contributed by atoms with Crippen LogP contribution >= 0.6 is 0 Å². The standard InChI is InChI=1S/C21H18N6O5/c28-17(9-13-20(30)22-12-6-2-1-5-11(12)19(29)23-13)24-21-25-18(26-27-21)16-10-31-14-7-3-4-8-15(14)32-16/h1-8,13,16H,9-10H2,(H,22,30)(H,23,29)(H2,24,25,26,27,28)/t13-,16?/m0/s1. The van der Waals surface area contributed by atoms with Gasteiger partial charge in [-0.1, -0.05) is 24.3 Å². The van der Waals surface area contributed by atoms with E-state index in [2.05, 4.69) is 31.1 Å². The second kappa shape index (κ2) is 8.02. The molecule has 4 N–H and O–H groups in total. The van der Waals surface area contributed by atoms with E-state index >= 15 is 0 Å². The molecule has 0 bridgehead atoms. The van der Waals surface area contributed by atoms with Crippen LogP contribution in [0.3, 0.4) is 0 Å². The molecule has 2 aromatic carbocycles. The van der Waals surface area contributed by atoms with Crippen LogP contribution in [0.2, 0.25) is 0 Å². The molecule has 3 aromatic rings. The predicted molar refractivity (Wildman–Crippen MR) is 111 cm³/mol. The largest absolute Gasteiger partial charge is 0.485 e. The van der Waals surface area contributed by atoms with Crippen LogP contribution in [-0.2, 0) is 9.59 Å². The number of aromatic amines is 1. The molecule has 2 atom stereocenters. The first kappa shape index (κ1) is 19.5. The van der Waals surface area contributed by atoms with Gasteiger partial charge in [-0.25, -0.2) is 0 Å². The fourth-order valence-corrected chi connectivity index (χ4v) is 3.44. The van der Waals surface area contributed by atoms with E-state index in [0.717, 1.165) is 0 Å². The summed E-state index contributed by atoms with van der Waals surface area (Å²) in [7, 11) is 0. The fraction of sp³-hybridized carbons (Fsp3) is 0.190. The number of aromatic nitrogens is 3. The Morgan fingerprint density at radius 1 is 1.09 bits per heavy atom. The molecule has 0 spiro atoms. The summed E-state index contributed by atoms with van der Waals surface area (Å²) >= 11 is 0. The highest BCUT2D eigenvalue weighted by atomic mass is 16.6. The van der Waals surface area contributed by atoms with Crippen molar-refractivity contribution >= 4 is 29.4 Å². The van der Waals surface area contributed by atoms with Crippen LogP contribution in [0.4, 0.5) is 11.6 Å². The number of fused-ring (bicyclic) bond motifs is 2. The van der Waals surface area contributed by atoms with Crippen LogP contribution in [0.25, 0.3) is 0 Å². The van der Waals surface area contributed by atoms with Crippen LogP contribution in [0.1, 0.15) is 28.7 Å². The molecule has 11 heteroatoms. The lowest BCUT2D eigenvalue weighted by Crippen LogP contribution is -2.43. The van der Waals surface area contributed by atoms with Gasteiger partial charge in [-0.3, -0.25) is 24.8 Å². The first-order valence-electron chi connectivity index (χ1n) is 9.88. The first-order valence-corrected chi connectivity index (χ1v) is 9.88. The molecule has 3 heterocycles. The number of para-hydroxylation sites is 3. The highest BCUT2D eigenvalue weighted by Crippen LogP contribution is 2.35. The average Bonchev–Trinajstić information content (AvgIpc) is 3.22. The number of anilines is 2. The van der Waals surface area contributed by atoms with E-state index in [1.807, 2.05) is 12.1 Å². The summed E-state index contributed by atoms with van der Waals surface area (Å²) in [4.78, 5) is 41.5. The summed E-state index contributed by atoms with van der Waals surface area (Å²) in [6.45, 7) is 0.231. The Bertz CT molecular complexity index is 1210. The van der Waals surface area contributed by atoms with Crippen molar-refractivity contribution in [2.45, 2.75) is 18.6 Å². The average molecular weight is 434 g/mol. The maximum Gasteiger partial charge on any atom is 0.254 e. The zero-order valence-corrected chi connectivity index (χ0v) is 16.6. The highest BCUT2D eigenvalue weighted by molar-refractivity contribution is 6.11. The molecule has 3 amide bonds. The summed E-state index contributed by atoms with van der Waals surface area (Å²) in [6, 6.07) is 12.8. The Morgan fingerprint density at radius 2 is 1.88 bits per heavy atom. The number of ether oxygens (including phenoxy) is 2. The van der Waals surface area contributed by atoms with Gasteiger partial charge in [-0.05, 0) is 24.3 Å². The number of hydrogen-bond donors (Lipinski definition) is 4. The number of carbonyl (C=O) groups is 3.